The van der Waals surface area contributed by atoms with Gasteiger partial charge in [-0.05, 0) is 38.2 Å². The molecule has 2 heterocycles. The van der Waals surface area contributed by atoms with Crippen molar-refractivity contribution in [2.75, 3.05) is 25.5 Å². The van der Waals surface area contributed by atoms with Gasteiger partial charge in [0.1, 0.15) is 5.52 Å². The van der Waals surface area contributed by atoms with Crippen molar-refractivity contribution in [3.8, 4) is 0 Å². The number of rotatable bonds is 3. The molecule has 19 heavy (non-hydrogen) atoms. The lowest BCUT2D eigenvalue weighted by atomic mass is 10.2. The Labute approximate surface area is 110 Å². The maximum Gasteiger partial charge on any atom is 0.335 e. The Balaban J connectivity index is 1.83. The second-order valence-corrected chi connectivity index (χ2v) is 4.90. The summed E-state index contributed by atoms with van der Waals surface area (Å²) in [6, 6.07) is 5.47. The normalized spacial score (nSPS) is 19.9. The molecule has 6 nitrogen and oxygen atoms in total. The number of aromatic carboxylic acids is 1. The van der Waals surface area contributed by atoms with Gasteiger partial charge in [-0.25, -0.2) is 4.79 Å². The number of aromatic nitrogens is 1. The van der Waals surface area contributed by atoms with Gasteiger partial charge < -0.3 is 19.7 Å². The van der Waals surface area contributed by atoms with Crippen LogP contribution in [0, 0.1) is 0 Å². The van der Waals surface area contributed by atoms with E-state index in [2.05, 4.69) is 22.2 Å². The van der Waals surface area contributed by atoms with Crippen molar-refractivity contribution in [3.63, 3.8) is 0 Å². The van der Waals surface area contributed by atoms with Gasteiger partial charge in [-0.2, -0.15) is 4.98 Å². The van der Waals surface area contributed by atoms with Crippen LogP contribution in [0.25, 0.3) is 11.1 Å². The van der Waals surface area contributed by atoms with E-state index >= 15 is 0 Å². The van der Waals surface area contributed by atoms with E-state index in [9.17, 15) is 4.79 Å². The van der Waals surface area contributed by atoms with Crippen LogP contribution in [0.1, 0.15) is 16.8 Å². The fourth-order valence-corrected chi connectivity index (χ4v) is 2.35. The first-order valence-electron chi connectivity index (χ1n) is 6.21. The second-order valence-electron chi connectivity index (χ2n) is 4.90. The minimum Gasteiger partial charge on any atom is -0.478 e. The smallest absolute Gasteiger partial charge is 0.335 e. The van der Waals surface area contributed by atoms with Crippen molar-refractivity contribution in [2.24, 2.45) is 0 Å². The van der Waals surface area contributed by atoms with Gasteiger partial charge in [0.25, 0.3) is 6.01 Å². The Morgan fingerprint density at radius 1 is 1.58 bits per heavy atom. The van der Waals surface area contributed by atoms with Crippen molar-refractivity contribution < 1.29 is 14.3 Å². The minimum absolute atomic E-state index is 0.204. The van der Waals surface area contributed by atoms with Crippen LogP contribution >= 0.6 is 0 Å². The summed E-state index contributed by atoms with van der Waals surface area (Å²) in [7, 11) is 2.08. The summed E-state index contributed by atoms with van der Waals surface area (Å²) in [5.41, 5.74) is 1.36. The molecule has 1 aliphatic heterocycles. The highest BCUT2D eigenvalue weighted by Gasteiger charge is 2.21. The van der Waals surface area contributed by atoms with Crippen molar-refractivity contribution in [1.82, 2.24) is 9.88 Å². The van der Waals surface area contributed by atoms with Gasteiger partial charge in [-0.3, -0.25) is 0 Å². The third-order valence-electron chi connectivity index (χ3n) is 3.35. The number of benzene rings is 1. The lowest BCUT2D eigenvalue weighted by Crippen LogP contribution is -2.23. The first-order valence-corrected chi connectivity index (χ1v) is 6.21. The highest BCUT2D eigenvalue weighted by Crippen LogP contribution is 2.22. The number of oxazole rings is 1. The Morgan fingerprint density at radius 3 is 3.11 bits per heavy atom. The number of hydrogen-bond donors (Lipinski definition) is 2. The first kappa shape index (κ1) is 12.0. The van der Waals surface area contributed by atoms with Crippen LogP contribution in [0.2, 0.25) is 0 Å². The second kappa shape index (κ2) is 4.55. The molecule has 1 aromatic carbocycles. The quantitative estimate of drug-likeness (QED) is 0.874. The van der Waals surface area contributed by atoms with E-state index in [1.807, 2.05) is 0 Å². The van der Waals surface area contributed by atoms with Crippen molar-refractivity contribution in [3.05, 3.63) is 23.8 Å². The maximum atomic E-state index is 10.9. The molecule has 0 saturated carbocycles. The molecule has 0 spiro atoms. The van der Waals surface area contributed by atoms with Gasteiger partial charge in [0.15, 0.2) is 5.58 Å². The van der Waals surface area contributed by atoms with E-state index in [1.54, 1.807) is 6.07 Å². The van der Waals surface area contributed by atoms with Crippen LogP contribution in [-0.2, 0) is 0 Å². The molecule has 100 valence electrons. The summed E-state index contributed by atoms with van der Waals surface area (Å²) < 4.78 is 5.55. The number of nitrogens with one attached hydrogen (secondary N) is 1. The number of nitrogens with zero attached hydrogens (tertiary/aromatic N) is 2. The molecular weight excluding hydrogens is 246 g/mol. The van der Waals surface area contributed by atoms with E-state index in [0.29, 0.717) is 23.2 Å². The number of likely N-dealkylation sites (tertiary alicyclic amines) is 1. The number of fused-ring (bicyclic) bond motifs is 1. The molecule has 0 amide bonds. The lowest BCUT2D eigenvalue weighted by molar-refractivity contribution is 0.0697. The summed E-state index contributed by atoms with van der Waals surface area (Å²) in [6.45, 7) is 2.01. The molecule has 1 saturated heterocycles. The summed E-state index contributed by atoms with van der Waals surface area (Å²) in [5, 5.41) is 12.2. The van der Waals surface area contributed by atoms with Gasteiger partial charge in [-0.15, -0.1) is 0 Å². The number of hydrogen-bond acceptors (Lipinski definition) is 5. The number of carbonyl (C=O) groups is 1. The van der Waals surface area contributed by atoms with Gasteiger partial charge in [0, 0.05) is 12.6 Å². The molecule has 0 radical (unpaired) electrons. The first-order chi connectivity index (χ1) is 9.11. The van der Waals surface area contributed by atoms with Crippen molar-refractivity contribution in [1.29, 1.82) is 0 Å². The SMILES string of the molecule is CN1CCC(Nc2nc3ccc(C(=O)O)cc3o2)C1. The number of anilines is 1. The Hall–Kier alpha value is -2.08. The summed E-state index contributed by atoms with van der Waals surface area (Å²) in [5.74, 6) is -0.967. The van der Waals surface area contributed by atoms with Crippen LogP contribution in [0.15, 0.2) is 22.6 Å². The zero-order valence-corrected chi connectivity index (χ0v) is 10.6. The molecule has 1 aliphatic rings. The standard InChI is InChI=1S/C13H15N3O3/c1-16-5-4-9(7-16)14-13-15-10-3-2-8(12(17)18)6-11(10)19-13/h2-3,6,9H,4-5,7H2,1H3,(H,14,15)(H,17,18). The fourth-order valence-electron chi connectivity index (χ4n) is 2.35. The van der Waals surface area contributed by atoms with Gasteiger partial charge in [-0.1, -0.05) is 0 Å². The van der Waals surface area contributed by atoms with Gasteiger partial charge in [0.2, 0.25) is 0 Å². The average molecular weight is 261 g/mol. The molecule has 1 aromatic heterocycles. The van der Waals surface area contributed by atoms with E-state index < -0.39 is 5.97 Å². The van der Waals surface area contributed by atoms with E-state index in [-0.39, 0.29) is 5.56 Å². The maximum absolute atomic E-state index is 10.9. The largest absolute Gasteiger partial charge is 0.478 e. The highest BCUT2D eigenvalue weighted by molar-refractivity contribution is 5.92. The van der Waals surface area contributed by atoms with Crippen LogP contribution in [0.4, 0.5) is 6.01 Å². The molecule has 2 N–H and O–H groups in total. The monoisotopic (exact) mass is 261 g/mol. The average Bonchev–Trinajstić information content (AvgIpc) is 2.94. The van der Waals surface area contributed by atoms with E-state index in [4.69, 9.17) is 9.52 Å². The number of likely N-dealkylation sites (N-methyl/N-ethyl adjacent to an activating group) is 1. The van der Waals surface area contributed by atoms with E-state index in [1.165, 1.54) is 12.1 Å². The van der Waals surface area contributed by atoms with Crippen molar-refractivity contribution in [2.45, 2.75) is 12.5 Å². The lowest BCUT2D eigenvalue weighted by Gasteiger charge is -2.10. The Bertz CT molecular complexity index is 623. The highest BCUT2D eigenvalue weighted by atomic mass is 16.4. The molecular formula is C13H15N3O3. The third-order valence-corrected chi connectivity index (χ3v) is 3.35. The fraction of sp³-hybridized carbons (Fsp3) is 0.385. The van der Waals surface area contributed by atoms with E-state index in [0.717, 1.165) is 19.5 Å². The van der Waals surface area contributed by atoms with Gasteiger partial charge in [0.05, 0.1) is 5.56 Å². The van der Waals surface area contributed by atoms with Crippen molar-refractivity contribution >= 4 is 23.1 Å². The zero-order valence-electron chi connectivity index (χ0n) is 10.6. The van der Waals surface area contributed by atoms with Crippen LogP contribution in [0.3, 0.4) is 0 Å². The predicted molar refractivity (Wildman–Crippen MR) is 70.5 cm³/mol. The summed E-state index contributed by atoms with van der Waals surface area (Å²) in [4.78, 5) is 17.4. The molecule has 2 aromatic rings. The molecule has 1 atom stereocenters. The molecule has 0 bridgehead atoms. The molecule has 1 fully saturated rings. The number of carboxylic acid groups (broad SMARTS) is 1. The predicted octanol–water partition coefficient (Wildman–Crippen LogP) is 1.64. The molecule has 0 aliphatic carbocycles. The molecule has 3 rings (SSSR count). The topological polar surface area (TPSA) is 78.6 Å². The third kappa shape index (κ3) is 2.39. The van der Waals surface area contributed by atoms with Gasteiger partial charge >= 0.3 is 5.97 Å². The molecule has 1 unspecified atom stereocenters. The minimum atomic E-state index is -0.967. The Morgan fingerprint density at radius 2 is 2.42 bits per heavy atom. The van der Waals surface area contributed by atoms with Crippen LogP contribution in [0.5, 0.6) is 0 Å². The summed E-state index contributed by atoms with van der Waals surface area (Å²) >= 11 is 0. The molecule has 6 heteroatoms. The van der Waals surface area contributed by atoms with Crippen LogP contribution < -0.4 is 5.32 Å². The number of carboxylic acids is 1. The zero-order chi connectivity index (χ0) is 13.4. The van der Waals surface area contributed by atoms with Crippen LogP contribution in [-0.4, -0.2) is 47.1 Å². The summed E-state index contributed by atoms with van der Waals surface area (Å²) in [6.07, 6.45) is 1.05. The Kier molecular flexibility index (Phi) is 2.87.